The van der Waals surface area contributed by atoms with Crippen LogP contribution in [-0.2, 0) is 0 Å². The predicted molar refractivity (Wildman–Crippen MR) is 61.7 cm³/mol. The number of nitrogens with one attached hydrogen (secondary N) is 1. The topological polar surface area (TPSA) is 38.0 Å². The second-order valence-corrected chi connectivity index (χ2v) is 3.76. The summed E-state index contributed by atoms with van der Waals surface area (Å²) in [6.07, 6.45) is 0. The molecule has 0 heterocycles. The van der Waals surface area contributed by atoms with E-state index in [4.69, 9.17) is 17.3 Å². The number of rotatable bonds is 4. The Kier molecular flexibility index (Phi) is 4.39. The van der Waals surface area contributed by atoms with Crippen LogP contribution in [0.3, 0.4) is 0 Å². The largest absolute Gasteiger partial charge is 0.329 e. The minimum absolute atomic E-state index is 0.207. The summed E-state index contributed by atoms with van der Waals surface area (Å²) < 4.78 is 0. The Balaban J connectivity index is 2.88. The molecule has 1 rings (SSSR count). The minimum atomic E-state index is 0.207. The lowest BCUT2D eigenvalue weighted by Crippen LogP contribution is -2.27. The summed E-state index contributed by atoms with van der Waals surface area (Å²) in [5, 5.41) is 4.12. The standard InChI is InChI=1S/C11H17ClN2/c1-3-14-11(7-13)9-5-4-8(2)10(12)6-9/h4-6,11,14H,3,7,13H2,1-2H3. The summed E-state index contributed by atoms with van der Waals surface area (Å²) in [5.74, 6) is 0. The van der Waals surface area contributed by atoms with Crippen LogP contribution in [0.15, 0.2) is 18.2 Å². The fraction of sp³-hybridized carbons (Fsp3) is 0.455. The Morgan fingerprint density at radius 1 is 1.50 bits per heavy atom. The molecular weight excluding hydrogens is 196 g/mol. The van der Waals surface area contributed by atoms with Crippen LogP contribution in [0.25, 0.3) is 0 Å². The highest BCUT2D eigenvalue weighted by atomic mass is 35.5. The maximum atomic E-state index is 6.05. The highest BCUT2D eigenvalue weighted by Gasteiger charge is 2.08. The molecule has 0 saturated carbocycles. The summed E-state index contributed by atoms with van der Waals surface area (Å²) in [6, 6.07) is 6.29. The van der Waals surface area contributed by atoms with E-state index in [9.17, 15) is 0 Å². The van der Waals surface area contributed by atoms with E-state index in [0.29, 0.717) is 6.54 Å². The summed E-state index contributed by atoms with van der Waals surface area (Å²) in [7, 11) is 0. The van der Waals surface area contributed by atoms with Crippen molar-refractivity contribution in [2.75, 3.05) is 13.1 Å². The second kappa shape index (κ2) is 5.35. The molecule has 0 aromatic heterocycles. The number of hydrogen-bond acceptors (Lipinski definition) is 2. The number of likely N-dealkylation sites (N-methyl/N-ethyl adjacent to an activating group) is 1. The molecule has 0 radical (unpaired) electrons. The molecule has 0 amide bonds. The first-order valence-corrected chi connectivity index (χ1v) is 5.26. The van der Waals surface area contributed by atoms with E-state index in [2.05, 4.69) is 18.3 Å². The van der Waals surface area contributed by atoms with Crippen molar-refractivity contribution >= 4 is 11.6 Å². The summed E-state index contributed by atoms with van der Waals surface area (Å²) in [5.41, 5.74) is 7.93. The molecule has 14 heavy (non-hydrogen) atoms. The van der Waals surface area contributed by atoms with Crippen LogP contribution in [0.5, 0.6) is 0 Å². The van der Waals surface area contributed by atoms with Gasteiger partial charge in [-0.2, -0.15) is 0 Å². The van der Waals surface area contributed by atoms with Gasteiger partial charge in [0.1, 0.15) is 0 Å². The lowest BCUT2D eigenvalue weighted by atomic mass is 10.1. The van der Waals surface area contributed by atoms with Crippen LogP contribution in [0, 0.1) is 6.92 Å². The van der Waals surface area contributed by atoms with Crippen LogP contribution < -0.4 is 11.1 Å². The van der Waals surface area contributed by atoms with Crippen molar-refractivity contribution in [2.24, 2.45) is 5.73 Å². The monoisotopic (exact) mass is 212 g/mol. The molecule has 1 aromatic carbocycles. The molecule has 2 nitrogen and oxygen atoms in total. The van der Waals surface area contributed by atoms with Crippen molar-refractivity contribution in [1.82, 2.24) is 5.32 Å². The van der Waals surface area contributed by atoms with Crippen LogP contribution in [-0.4, -0.2) is 13.1 Å². The van der Waals surface area contributed by atoms with Gasteiger partial charge in [0.15, 0.2) is 0 Å². The van der Waals surface area contributed by atoms with E-state index >= 15 is 0 Å². The first-order valence-electron chi connectivity index (χ1n) is 4.88. The van der Waals surface area contributed by atoms with Gasteiger partial charge < -0.3 is 11.1 Å². The molecule has 0 aliphatic rings. The highest BCUT2D eigenvalue weighted by Crippen LogP contribution is 2.20. The van der Waals surface area contributed by atoms with Crippen LogP contribution in [0.1, 0.15) is 24.1 Å². The molecule has 1 aromatic rings. The lowest BCUT2D eigenvalue weighted by Gasteiger charge is -2.16. The smallest absolute Gasteiger partial charge is 0.0444 e. The molecule has 78 valence electrons. The van der Waals surface area contributed by atoms with E-state index in [1.54, 1.807) is 0 Å². The van der Waals surface area contributed by atoms with Crippen molar-refractivity contribution in [3.05, 3.63) is 34.3 Å². The van der Waals surface area contributed by atoms with Crippen LogP contribution in [0.4, 0.5) is 0 Å². The quantitative estimate of drug-likeness (QED) is 0.804. The number of aryl methyl sites for hydroxylation is 1. The molecular formula is C11H17ClN2. The van der Waals surface area contributed by atoms with E-state index < -0.39 is 0 Å². The van der Waals surface area contributed by atoms with Gasteiger partial charge in [0.2, 0.25) is 0 Å². The minimum Gasteiger partial charge on any atom is -0.329 e. The molecule has 0 saturated heterocycles. The molecule has 0 fully saturated rings. The first-order chi connectivity index (χ1) is 6.69. The molecule has 3 N–H and O–H groups in total. The van der Waals surface area contributed by atoms with Gasteiger partial charge >= 0.3 is 0 Å². The number of hydrogen-bond donors (Lipinski definition) is 2. The van der Waals surface area contributed by atoms with Gasteiger partial charge in [-0.25, -0.2) is 0 Å². The Hall–Kier alpha value is -0.570. The number of benzene rings is 1. The van der Waals surface area contributed by atoms with E-state index in [1.807, 2.05) is 19.1 Å². The highest BCUT2D eigenvalue weighted by molar-refractivity contribution is 6.31. The van der Waals surface area contributed by atoms with Gasteiger partial charge in [0.25, 0.3) is 0 Å². The van der Waals surface area contributed by atoms with Crippen LogP contribution >= 0.6 is 11.6 Å². The third-order valence-electron chi connectivity index (χ3n) is 2.28. The maximum absolute atomic E-state index is 6.05. The van der Waals surface area contributed by atoms with Crippen molar-refractivity contribution < 1.29 is 0 Å². The lowest BCUT2D eigenvalue weighted by molar-refractivity contribution is 0.562. The van der Waals surface area contributed by atoms with Crippen molar-refractivity contribution in [1.29, 1.82) is 0 Å². The molecule has 1 atom stereocenters. The van der Waals surface area contributed by atoms with Gasteiger partial charge in [0, 0.05) is 17.6 Å². The second-order valence-electron chi connectivity index (χ2n) is 3.35. The predicted octanol–water partition coefficient (Wildman–Crippen LogP) is 2.26. The van der Waals surface area contributed by atoms with Gasteiger partial charge in [-0.3, -0.25) is 0 Å². The van der Waals surface area contributed by atoms with Crippen molar-refractivity contribution in [3.8, 4) is 0 Å². The third-order valence-corrected chi connectivity index (χ3v) is 2.69. The molecule has 0 bridgehead atoms. The molecule has 0 aliphatic heterocycles. The van der Waals surface area contributed by atoms with Gasteiger partial charge in [-0.05, 0) is 30.7 Å². The van der Waals surface area contributed by atoms with Gasteiger partial charge in [-0.1, -0.05) is 30.7 Å². The van der Waals surface area contributed by atoms with E-state index in [0.717, 1.165) is 22.7 Å². The first kappa shape index (κ1) is 11.5. The SMILES string of the molecule is CCNC(CN)c1ccc(C)c(Cl)c1. The zero-order valence-corrected chi connectivity index (χ0v) is 9.43. The van der Waals surface area contributed by atoms with Crippen molar-refractivity contribution in [3.63, 3.8) is 0 Å². The maximum Gasteiger partial charge on any atom is 0.0444 e. The van der Waals surface area contributed by atoms with Gasteiger partial charge in [0.05, 0.1) is 0 Å². The number of nitrogens with two attached hydrogens (primary N) is 1. The fourth-order valence-corrected chi connectivity index (χ4v) is 1.60. The fourth-order valence-electron chi connectivity index (χ4n) is 1.41. The molecule has 1 unspecified atom stereocenters. The Morgan fingerprint density at radius 3 is 2.71 bits per heavy atom. The Bertz CT molecular complexity index is 299. The number of halogens is 1. The molecule has 3 heteroatoms. The average molecular weight is 213 g/mol. The van der Waals surface area contributed by atoms with E-state index in [-0.39, 0.29) is 6.04 Å². The summed E-state index contributed by atoms with van der Waals surface area (Å²) in [6.45, 7) is 5.57. The zero-order chi connectivity index (χ0) is 10.6. The Labute approximate surface area is 90.4 Å². The van der Waals surface area contributed by atoms with Crippen LogP contribution in [0.2, 0.25) is 5.02 Å². The summed E-state index contributed by atoms with van der Waals surface area (Å²) >= 11 is 6.05. The Morgan fingerprint density at radius 2 is 2.21 bits per heavy atom. The van der Waals surface area contributed by atoms with E-state index in [1.165, 1.54) is 0 Å². The van der Waals surface area contributed by atoms with Crippen molar-refractivity contribution in [2.45, 2.75) is 19.9 Å². The normalized spacial score (nSPS) is 12.9. The third kappa shape index (κ3) is 2.71. The zero-order valence-electron chi connectivity index (χ0n) is 8.68. The average Bonchev–Trinajstić information content (AvgIpc) is 2.19. The van der Waals surface area contributed by atoms with Gasteiger partial charge in [-0.15, -0.1) is 0 Å². The molecule has 0 aliphatic carbocycles. The summed E-state index contributed by atoms with van der Waals surface area (Å²) in [4.78, 5) is 0. The molecule has 0 spiro atoms.